The Bertz CT molecular complexity index is 451. The number of benzene rings is 1. The van der Waals surface area contributed by atoms with Crippen LogP contribution in [-0.4, -0.2) is 41.0 Å². The van der Waals surface area contributed by atoms with Gasteiger partial charge in [0.05, 0.1) is 0 Å². The van der Waals surface area contributed by atoms with Crippen LogP contribution in [0.5, 0.6) is 5.75 Å². The third-order valence-electron chi connectivity index (χ3n) is 4.42. The number of ether oxygens (including phenoxy) is 1. The van der Waals surface area contributed by atoms with Gasteiger partial charge in [0.25, 0.3) is 5.91 Å². The van der Waals surface area contributed by atoms with Crippen molar-refractivity contribution in [3.8, 4) is 5.75 Å². The van der Waals surface area contributed by atoms with E-state index in [0.717, 1.165) is 23.8 Å². The van der Waals surface area contributed by atoms with Gasteiger partial charge in [-0.25, -0.2) is 0 Å². The standard InChI is InChI=1S/C16H21NO2S/c1-20-15-9-12-7-8-13(10-15)17(12)16(18)11-19-14-5-3-2-4-6-14/h2-6,12-13,15H,7-11H2,1H3. The van der Waals surface area contributed by atoms with Gasteiger partial charge in [0, 0.05) is 17.3 Å². The van der Waals surface area contributed by atoms with E-state index in [0.29, 0.717) is 12.1 Å². The Morgan fingerprint density at radius 1 is 1.25 bits per heavy atom. The molecule has 0 radical (unpaired) electrons. The van der Waals surface area contributed by atoms with E-state index in [9.17, 15) is 4.79 Å². The van der Waals surface area contributed by atoms with Crippen molar-refractivity contribution in [3.05, 3.63) is 30.3 Å². The van der Waals surface area contributed by atoms with Crippen LogP contribution in [0.3, 0.4) is 0 Å². The van der Waals surface area contributed by atoms with Gasteiger partial charge < -0.3 is 9.64 Å². The summed E-state index contributed by atoms with van der Waals surface area (Å²) >= 11 is 1.95. The summed E-state index contributed by atoms with van der Waals surface area (Å²) in [5, 5.41) is 0.728. The van der Waals surface area contributed by atoms with Crippen LogP contribution in [-0.2, 0) is 4.79 Å². The van der Waals surface area contributed by atoms with Gasteiger partial charge in [0.2, 0.25) is 0 Å². The Balaban J connectivity index is 1.58. The molecule has 2 aliphatic heterocycles. The summed E-state index contributed by atoms with van der Waals surface area (Å²) in [5.41, 5.74) is 0. The number of thioether (sulfide) groups is 1. The van der Waals surface area contributed by atoms with Crippen LogP contribution in [0.1, 0.15) is 25.7 Å². The maximum atomic E-state index is 12.4. The van der Waals surface area contributed by atoms with Crippen molar-refractivity contribution in [2.24, 2.45) is 0 Å². The molecule has 0 saturated carbocycles. The second-order valence-electron chi connectivity index (χ2n) is 5.62. The predicted octanol–water partition coefficient (Wildman–Crippen LogP) is 2.95. The highest BCUT2D eigenvalue weighted by Crippen LogP contribution is 2.39. The first-order valence-electron chi connectivity index (χ1n) is 7.29. The lowest BCUT2D eigenvalue weighted by Crippen LogP contribution is -2.49. The van der Waals surface area contributed by atoms with E-state index in [1.54, 1.807) is 0 Å². The molecule has 0 aliphatic carbocycles. The molecule has 2 bridgehead atoms. The van der Waals surface area contributed by atoms with Gasteiger partial charge >= 0.3 is 0 Å². The third kappa shape index (κ3) is 2.80. The van der Waals surface area contributed by atoms with Crippen molar-refractivity contribution < 1.29 is 9.53 Å². The first-order valence-corrected chi connectivity index (χ1v) is 8.58. The van der Waals surface area contributed by atoms with E-state index in [1.807, 2.05) is 42.1 Å². The Morgan fingerprint density at radius 2 is 1.90 bits per heavy atom. The van der Waals surface area contributed by atoms with Crippen LogP contribution in [0.15, 0.2) is 30.3 Å². The number of nitrogens with zero attached hydrogens (tertiary/aromatic N) is 1. The highest BCUT2D eigenvalue weighted by atomic mass is 32.2. The summed E-state index contributed by atoms with van der Waals surface area (Å²) in [5.74, 6) is 0.924. The van der Waals surface area contributed by atoms with Crippen LogP contribution in [0.25, 0.3) is 0 Å². The Labute approximate surface area is 124 Å². The summed E-state index contributed by atoms with van der Waals surface area (Å²) in [4.78, 5) is 14.5. The maximum absolute atomic E-state index is 12.4. The maximum Gasteiger partial charge on any atom is 0.261 e. The molecule has 3 rings (SSSR count). The summed E-state index contributed by atoms with van der Waals surface area (Å²) < 4.78 is 5.60. The fourth-order valence-corrected chi connectivity index (χ4v) is 4.29. The van der Waals surface area contributed by atoms with Gasteiger partial charge in [-0.3, -0.25) is 4.79 Å². The summed E-state index contributed by atoms with van der Waals surface area (Å²) in [6, 6.07) is 10.5. The molecule has 4 heteroatoms. The topological polar surface area (TPSA) is 29.5 Å². The van der Waals surface area contributed by atoms with Gasteiger partial charge in [-0.2, -0.15) is 11.8 Å². The molecule has 2 saturated heterocycles. The van der Waals surface area contributed by atoms with E-state index in [-0.39, 0.29) is 12.5 Å². The minimum atomic E-state index is 0.154. The molecule has 2 aliphatic rings. The summed E-state index contributed by atoms with van der Waals surface area (Å²) in [6.07, 6.45) is 6.81. The fourth-order valence-electron chi connectivity index (χ4n) is 3.46. The molecule has 0 aromatic heterocycles. The van der Waals surface area contributed by atoms with Crippen molar-refractivity contribution in [1.29, 1.82) is 0 Å². The van der Waals surface area contributed by atoms with E-state index in [2.05, 4.69) is 11.2 Å². The van der Waals surface area contributed by atoms with Crippen molar-refractivity contribution >= 4 is 17.7 Å². The number of hydrogen-bond donors (Lipinski definition) is 0. The number of para-hydroxylation sites is 1. The minimum Gasteiger partial charge on any atom is -0.484 e. The first-order chi connectivity index (χ1) is 9.78. The number of rotatable bonds is 4. The molecule has 20 heavy (non-hydrogen) atoms. The zero-order valence-electron chi connectivity index (χ0n) is 11.8. The van der Waals surface area contributed by atoms with E-state index in [4.69, 9.17) is 4.74 Å². The van der Waals surface area contributed by atoms with Gasteiger partial charge in [0.15, 0.2) is 6.61 Å². The number of hydrogen-bond acceptors (Lipinski definition) is 3. The molecule has 2 heterocycles. The van der Waals surface area contributed by atoms with Crippen LogP contribution >= 0.6 is 11.8 Å². The van der Waals surface area contributed by atoms with Crippen LogP contribution in [0.2, 0.25) is 0 Å². The van der Waals surface area contributed by atoms with Gasteiger partial charge in [-0.1, -0.05) is 18.2 Å². The average Bonchev–Trinajstić information content (AvgIpc) is 2.76. The monoisotopic (exact) mass is 291 g/mol. The molecule has 108 valence electrons. The zero-order valence-corrected chi connectivity index (χ0v) is 12.6. The highest BCUT2D eigenvalue weighted by molar-refractivity contribution is 7.99. The van der Waals surface area contributed by atoms with Crippen molar-refractivity contribution in [1.82, 2.24) is 4.90 Å². The molecule has 1 aromatic carbocycles. The third-order valence-corrected chi connectivity index (χ3v) is 5.47. The lowest BCUT2D eigenvalue weighted by atomic mass is 10.0. The van der Waals surface area contributed by atoms with Gasteiger partial charge in [-0.05, 0) is 44.1 Å². The first kappa shape index (κ1) is 13.8. The van der Waals surface area contributed by atoms with E-state index >= 15 is 0 Å². The molecule has 2 fully saturated rings. The number of amides is 1. The smallest absolute Gasteiger partial charge is 0.261 e. The molecule has 1 aromatic rings. The normalized spacial score (nSPS) is 28.4. The fraction of sp³-hybridized carbons (Fsp3) is 0.562. The van der Waals surface area contributed by atoms with Gasteiger partial charge in [0.1, 0.15) is 5.75 Å². The number of fused-ring (bicyclic) bond motifs is 2. The molecule has 2 atom stereocenters. The zero-order chi connectivity index (χ0) is 13.9. The lowest BCUT2D eigenvalue weighted by Gasteiger charge is -2.38. The second kappa shape index (κ2) is 6.08. The quantitative estimate of drug-likeness (QED) is 0.854. The number of carbonyl (C=O) groups is 1. The van der Waals surface area contributed by atoms with Crippen LogP contribution in [0.4, 0.5) is 0 Å². The molecule has 0 N–H and O–H groups in total. The SMILES string of the molecule is CSC1CC2CCC(C1)N2C(=O)COc1ccccc1. The minimum absolute atomic E-state index is 0.154. The second-order valence-corrected chi connectivity index (χ2v) is 6.75. The van der Waals surface area contributed by atoms with Crippen molar-refractivity contribution in [2.75, 3.05) is 12.9 Å². The Kier molecular flexibility index (Phi) is 4.20. The van der Waals surface area contributed by atoms with E-state index in [1.165, 1.54) is 12.8 Å². The van der Waals surface area contributed by atoms with E-state index < -0.39 is 0 Å². The number of carbonyl (C=O) groups excluding carboxylic acids is 1. The molecule has 0 spiro atoms. The molecule has 3 nitrogen and oxygen atoms in total. The molecular weight excluding hydrogens is 270 g/mol. The molecule has 1 amide bonds. The summed E-state index contributed by atoms with van der Waals surface area (Å²) in [7, 11) is 0. The Hall–Kier alpha value is -1.16. The largest absolute Gasteiger partial charge is 0.484 e. The Morgan fingerprint density at radius 3 is 2.50 bits per heavy atom. The summed E-state index contributed by atoms with van der Waals surface area (Å²) in [6.45, 7) is 0.168. The van der Waals surface area contributed by atoms with Gasteiger partial charge in [-0.15, -0.1) is 0 Å². The highest BCUT2D eigenvalue weighted by Gasteiger charge is 2.42. The average molecular weight is 291 g/mol. The van der Waals surface area contributed by atoms with Crippen molar-refractivity contribution in [3.63, 3.8) is 0 Å². The predicted molar refractivity (Wildman–Crippen MR) is 82.1 cm³/mol. The molecule has 2 unspecified atom stereocenters. The van der Waals surface area contributed by atoms with Crippen molar-refractivity contribution in [2.45, 2.75) is 43.0 Å². The van der Waals surface area contributed by atoms with Crippen LogP contribution in [0, 0.1) is 0 Å². The molecular formula is C16H21NO2S. The van der Waals surface area contributed by atoms with Crippen LogP contribution < -0.4 is 4.74 Å². The number of piperidine rings is 1. The lowest BCUT2D eigenvalue weighted by molar-refractivity contribution is -0.137.